The number of nitrogens with zero attached hydrogens (tertiary/aromatic N) is 1. The molecule has 0 saturated heterocycles. The summed E-state index contributed by atoms with van der Waals surface area (Å²) in [5, 5.41) is 2.99. The van der Waals surface area contributed by atoms with Gasteiger partial charge in [-0.2, -0.15) is 0 Å². The van der Waals surface area contributed by atoms with Crippen LogP contribution in [0.2, 0.25) is 0 Å². The number of carbonyl (C=O) groups is 1. The molecule has 3 nitrogen and oxygen atoms in total. The molecule has 0 unspecified atom stereocenters. The van der Waals surface area contributed by atoms with Crippen molar-refractivity contribution in [2.75, 3.05) is 13.1 Å². The second-order valence-electron chi connectivity index (χ2n) is 7.09. The van der Waals surface area contributed by atoms with Crippen molar-refractivity contribution in [2.45, 2.75) is 19.9 Å². The lowest BCUT2D eigenvalue weighted by Crippen LogP contribution is -2.43. The van der Waals surface area contributed by atoms with Gasteiger partial charge in [-0.25, -0.2) is 4.79 Å². The topological polar surface area (TPSA) is 32.3 Å². The van der Waals surface area contributed by atoms with Crippen molar-refractivity contribution >= 4 is 12.1 Å². The predicted octanol–water partition coefficient (Wildman–Crippen LogP) is 5.91. The Balaban J connectivity index is 2.00. The second kappa shape index (κ2) is 10.3. The molecule has 0 aromatic heterocycles. The fraction of sp³-hybridized carbons (Fsp3) is 0.192. The second-order valence-corrected chi connectivity index (χ2v) is 7.09. The fourth-order valence-corrected chi connectivity index (χ4v) is 3.50. The van der Waals surface area contributed by atoms with Gasteiger partial charge in [-0.05, 0) is 30.5 Å². The van der Waals surface area contributed by atoms with E-state index in [2.05, 4.69) is 54.7 Å². The van der Waals surface area contributed by atoms with E-state index in [1.807, 2.05) is 66.4 Å². The summed E-state index contributed by atoms with van der Waals surface area (Å²) in [4.78, 5) is 15.0. The molecular weight excluding hydrogens is 356 g/mol. The zero-order chi connectivity index (χ0) is 20.5. The number of nitrogens with one attached hydrogen (secondary N) is 1. The van der Waals surface area contributed by atoms with Crippen LogP contribution >= 0.6 is 0 Å². The molecule has 0 atom stereocenters. The quantitative estimate of drug-likeness (QED) is 0.539. The van der Waals surface area contributed by atoms with E-state index in [0.717, 1.165) is 22.3 Å². The van der Waals surface area contributed by atoms with E-state index in [1.165, 1.54) is 0 Å². The predicted molar refractivity (Wildman–Crippen MR) is 121 cm³/mol. The number of hydrogen-bond donors (Lipinski definition) is 1. The van der Waals surface area contributed by atoms with E-state index in [9.17, 15) is 4.79 Å². The van der Waals surface area contributed by atoms with Crippen LogP contribution in [-0.2, 0) is 0 Å². The number of urea groups is 1. The van der Waals surface area contributed by atoms with Crippen LogP contribution in [0, 0.1) is 0 Å². The molecule has 0 aliphatic carbocycles. The van der Waals surface area contributed by atoms with E-state index in [4.69, 9.17) is 0 Å². The van der Waals surface area contributed by atoms with Crippen molar-refractivity contribution in [3.8, 4) is 0 Å². The van der Waals surface area contributed by atoms with Gasteiger partial charge in [-0.1, -0.05) is 103 Å². The van der Waals surface area contributed by atoms with Gasteiger partial charge in [0.15, 0.2) is 0 Å². The number of amides is 2. The maximum Gasteiger partial charge on any atom is 0.318 e. The fourth-order valence-electron chi connectivity index (χ4n) is 3.50. The van der Waals surface area contributed by atoms with Crippen LogP contribution in [0.1, 0.15) is 36.6 Å². The summed E-state index contributed by atoms with van der Waals surface area (Å²) < 4.78 is 0. The summed E-state index contributed by atoms with van der Waals surface area (Å²) in [7, 11) is 0. The van der Waals surface area contributed by atoms with Crippen molar-refractivity contribution in [1.29, 1.82) is 0 Å². The first-order chi connectivity index (χ1) is 14.2. The molecule has 3 aromatic rings. The highest BCUT2D eigenvalue weighted by molar-refractivity contribution is 5.76. The summed E-state index contributed by atoms with van der Waals surface area (Å²) in [6.45, 7) is 5.15. The molecule has 3 rings (SSSR count). The molecular formula is C26H28N2O. The van der Waals surface area contributed by atoms with Crippen LogP contribution in [0.4, 0.5) is 4.79 Å². The molecule has 148 valence electrons. The van der Waals surface area contributed by atoms with Crippen LogP contribution in [0.5, 0.6) is 0 Å². The third-order valence-corrected chi connectivity index (χ3v) is 4.76. The van der Waals surface area contributed by atoms with Crippen LogP contribution in [-0.4, -0.2) is 24.0 Å². The molecule has 0 fully saturated rings. The smallest absolute Gasteiger partial charge is 0.318 e. The molecule has 1 N–H and O–H groups in total. The average Bonchev–Trinajstić information content (AvgIpc) is 2.76. The van der Waals surface area contributed by atoms with Crippen molar-refractivity contribution in [2.24, 2.45) is 0 Å². The highest BCUT2D eigenvalue weighted by Crippen LogP contribution is 2.29. The first kappa shape index (κ1) is 20.4. The minimum atomic E-state index is -0.164. The lowest BCUT2D eigenvalue weighted by molar-refractivity contribution is 0.190. The van der Waals surface area contributed by atoms with Gasteiger partial charge in [0.2, 0.25) is 0 Å². The van der Waals surface area contributed by atoms with E-state index in [1.54, 1.807) is 0 Å². The average molecular weight is 385 g/mol. The third kappa shape index (κ3) is 5.58. The standard InChI is InChI=1S/C26H28N2O/c1-3-27-26(29)28(20-21(2)19-22-13-7-4-8-14-22)25(23-15-9-5-10-16-23)24-17-11-6-12-18-24/h4-19,25H,3,20H2,1-2H3,(H,27,29)/b21-19+. The van der Waals surface area contributed by atoms with Gasteiger partial charge in [0.1, 0.15) is 0 Å². The monoisotopic (exact) mass is 384 g/mol. The number of hydrogen-bond acceptors (Lipinski definition) is 1. The van der Waals surface area contributed by atoms with E-state index in [0.29, 0.717) is 13.1 Å². The molecule has 2 amide bonds. The first-order valence-electron chi connectivity index (χ1n) is 10.1. The van der Waals surface area contributed by atoms with Gasteiger partial charge >= 0.3 is 6.03 Å². The molecule has 0 heterocycles. The zero-order valence-electron chi connectivity index (χ0n) is 17.1. The summed E-state index contributed by atoms with van der Waals surface area (Å²) >= 11 is 0. The maximum atomic E-state index is 13.1. The van der Waals surface area contributed by atoms with Crippen LogP contribution in [0.3, 0.4) is 0 Å². The number of rotatable bonds is 7. The minimum absolute atomic E-state index is 0.0639. The molecule has 0 bridgehead atoms. The van der Waals surface area contributed by atoms with E-state index >= 15 is 0 Å². The Kier molecular flexibility index (Phi) is 7.23. The Labute approximate surface area is 173 Å². The normalized spacial score (nSPS) is 11.3. The molecule has 3 aromatic carbocycles. The number of benzene rings is 3. The molecule has 0 saturated carbocycles. The van der Waals surface area contributed by atoms with Gasteiger partial charge < -0.3 is 10.2 Å². The third-order valence-electron chi connectivity index (χ3n) is 4.76. The van der Waals surface area contributed by atoms with Crippen molar-refractivity contribution in [3.05, 3.63) is 113 Å². The first-order valence-corrected chi connectivity index (χ1v) is 10.1. The van der Waals surface area contributed by atoms with Gasteiger partial charge in [0, 0.05) is 13.1 Å². The van der Waals surface area contributed by atoms with E-state index < -0.39 is 0 Å². The Hall–Kier alpha value is -3.33. The Morgan fingerprint density at radius 2 is 1.34 bits per heavy atom. The maximum absolute atomic E-state index is 13.1. The van der Waals surface area contributed by atoms with Crippen molar-refractivity contribution < 1.29 is 4.79 Å². The summed E-state index contributed by atoms with van der Waals surface area (Å²) in [6.07, 6.45) is 2.14. The van der Waals surface area contributed by atoms with Gasteiger partial charge in [-0.3, -0.25) is 0 Å². The van der Waals surface area contributed by atoms with Crippen LogP contribution < -0.4 is 5.32 Å². The largest absolute Gasteiger partial charge is 0.338 e. The van der Waals surface area contributed by atoms with Crippen LogP contribution in [0.15, 0.2) is 96.6 Å². The number of carbonyl (C=O) groups excluding carboxylic acids is 1. The molecule has 0 aliphatic rings. The van der Waals surface area contributed by atoms with Crippen molar-refractivity contribution in [3.63, 3.8) is 0 Å². The Morgan fingerprint density at radius 1 is 0.862 bits per heavy atom. The lowest BCUT2D eigenvalue weighted by Gasteiger charge is -2.33. The summed E-state index contributed by atoms with van der Waals surface area (Å²) in [6, 6.07) is 30.4. The molecule has 0 radical (unpaired) electrons. The molecule has 29 heavy (non-hydrogen) atoms. The zero-order valence-corrected chi connectivity index (χ0v) is 17.1. The molecule has 0 aliphatic heterocycles. The Bertz CT molecular complexity index is 881. The highest BCUT2D eigenvalue weighted by atomic mass is 16.2. The lowest BCUT2D eigenvalue weighted by atomic mass is 9.96. The van der Waals surface area contributed by atoms with Gasteiger partial charge in [0.25, 0.3) is 0 Å². The molecule has 3 heteroatoms. The van der Waals surface area contributed by atoms with Gasteiger partial charge in [0.05, 0.1) is 6.04 Å². The SMILES string of the molecule is CCNC(=O)N(C/C(C)=C/c1ccccc1)C(c1ccccc1)c1ccccc1. The van der Waals surface area contributed by atoms with Crippen LogP contribution in [0.25, 0.3) is 6.08 Å². The van der Waals surface area contributed by atoms with E-state index in [-0.39, 0.29) is 12.1 Å². The summed E-state index contributed by atoms with van der Waals surface area (Å²) in [5.74, 6) is 0. The van der Waals surface area contributed by atoms with Crippen molar-refractivity contribution in [1.82, 2.24) is 10.2 Å². The molecule has 0 spiro atoms. The minimum Gasteiger partial charge on any atom is -0.338 e. The summed E-state index contributed by atoms with van der Waals surface area (Å²) in [5.41, 5.74) is 4.45. The van der Waals surface area contributed by atoms with Gasteiger partial charge in [-0.15, -0.1) is 0 Å². The highest BCUT2D eigenvalue weighted by Gasteiger charge is 2.26. The Morgan fingerprint density at radius 3 is 1.83 bits per heavy atom.